The van der Waals surface area contributed by atoms with Gasteiger partial charge in [0.05, 0.1) is 11.0 Å². The molecule has 4 nitrogen and oxygen atoms in total. The highest BCUT2D eigenvalue weighted by Gasteiger charge is 2.11. The second kappa shape index (κ2) is 10.4. The third-order valence-corrected chi connectivity index (χ3v) is 5.65. The first kappa shape index (κ1) is 22.1. The number of nitrogens with one attached hydrogen (secondary N) is 1. The van der Waals surface area contributed by atoms with Gasteiger partial charge in [0.25, 0.3) is 5.91 Å². The Bertz CT molecular complexity index is 987. The first-order valence-electron chi connectivity index (χ1n) is 11.3. The molecular formula is C26H35N3O. The highest BCUT2D eigenvalue weighted by molar-refractivity contribution is 5.95. The number of para-hydroxylation sites is 2. The molecule has 0 radical (unpaired) electrons. The van der Waals surface area contributed by atoms with Crippen LogP contribution in [0.15, 0.2) is 42.5 Å². The van der Waals surface area contributed by atoms with E-state index in [0.29, 0.717) is 5.92 Å². The van der Waals surface area contributed by atoms with Crippen LogP contribution in [0.3, 0.4) is 0 Å². The van der Waals surface area contributed by atoms with Gasteiger partial charge in [-0.25, -0.2) is 4.98 Å². The van der Waals surface area contributed by atoms with E-state index in [-0.39, 0.29) is 5.91 Å². The van der Waals surface area contributed by atoms with Crippen molar-refractivity contribution in [1.29, 1.82) is 0 Å². The predicted molar refractivity (Wildman–Crippen MR) is 125 cm³/mol. The second-order valence-corrected chi connectivity index (χ2v) is 8.74. The monoisotopic (exact) mass is 405 g/mol. The normalized spacial score (nSPS) is 11.4. The van der Waals surface area contributed by atoms with E-state index in [1.165, 1.54) is 16.9 Å². The molecule has 0 spiro atoms. The van der Waals surface area contributed by atoms with Gasteiger partial charge < -0.3 is 9.88 Å². The summed E-state index contributed by atoms with van der Waals surface area (Å²) in [6, 6.07) is 14.4. The van der Waals surface area contributed by atoms with Gasteiger partial charge in [-0.1, -0.05) is 50.1 Å². The number of benzene rings is 2. The number of aryl methyl sites for hydroxylation is 4. The fraction of sp³-hybridized carbons (Fsp3) is 0.462. The van der Waals surface area contributed by atoms with Gasteiger partial charge in [-0.05, 0) is 62.8 Å². The van der Waals surface area contributed by atoms with Crippen molar-refractivity contribution >= 4 is 16.9 Å². The van der Waals surface area contributed by atoms with E-state index in [1.807, 2.05) is 26.0 Å². The van der Waals surface area contributed by atoms with Crippen LogP contribution in [0.2, 0.25) is 0 Å². The third-order valence-electron chi connectivity index (χ3n) is 5.65. The molecule has 0 bridgehead atoms. The van der Waals surface area contributed by atoms with Gasteiger partial charge in [-0.15, -0.1) is 0 Å². The summed E-state index contributed by atoms with van der Waals surface area (Å²) in [6.45, 7) is 10.3. The van der Waals surface area contributed by atoms with Crippen molar-refractivity contribution in [2.24, 2.45) is 5.92 Å². The van der Waals surface area contributed by atoms with Gasteiger partial charge in [0.1, 0.15) is 5.82 Å². The summed E-state index contributed by atoms with van der Waals surface area (Å²) in [5.41, 5.74) is 5.33. The topological polar surface area (TPSA) is 46.9 Å². The average Bonchev–Trinajstić information content (AvgIpc) is 3.06. The van der Waals surface area contributed by atoms with Crippen molar-refractivity contribution < 1.29 is 4.79 Å². The average molecular weight is 406 g/mol. The Kier molecular flexibility index (Phi) is 7.67. The van der Waals surface area contributed by atoms with Crippen molar-refractivity contribution in [3.8, 4) is 0 Å². The van der Waals surface area contributed by atoms with Crippen LogP contribution >= 0.6 is 0 Å². The fourth-order valence-electron chi connectivity index (χ4n) is 3.90. The number of hydrogen-bond donors (Lipinski definition) is 1. The number of hydrogen-bond acceptors (Lipinski definition) is 2. The standard InChI is InChI=1S/C26H35N3O/c1-19(2)15-17-29-24-11-8-7-10-23(24)28-25(29)12-6-5-9-16-27-26(30)22-14-13-20(3)18-21(22)4/h7-8,10-11,13-14,18-19H,5-6,9,12,15-17H2,1-4H3,(H,27,30). The molecule has 2 aromatic carbocycles. The summed E-state index contributed by atoms with van der Waals surface area (Å²) in [5.74, 6) is 1.90. The number of unbranched alkanes of at least 4 members (excludes halogenated alkanes) is 2. The largest absolute Gasteiger partial charge is 0.352 e. The number of carbonyl (C=O) groups excluding carboxylic acids is 1. The summed E-state index contributed by atoms with van der Waals surface area (Å²) in [5, 5.41) is 3.06. The SMILES string of the molecule is Cc1ccc(C(=O)NCCCCCc2nc3ccccc3n2CCC(C)C)c(C)c1. The lowest BCUT2D eigenvalue weighted by Gasteiger charge is -2.11. The van der Waals surface area contributed by atoms with Gasteiger partial charge >= 0.3 is 0 Å². The summed E-state index contributed by atoms with van der Waals surface area (Å²) in [6.07, 6.45) is 5.31. The van der Waals surface area contributed by atoms with Crippen molar-refractivity contribution in [3.05, 3.63) is 65.0 Å². The van der Waals surface area contributed by atoms with Gasteiger partial charge in [-0.2, -0.15) is 0 Å². The lowest BCUT2D eigenvalue weighted by atomic mass is 10.1. The van der Waals surface area contributed by atoms with Crippen molar-refractivity contribution in [2.45, 2.75) is 66.3 Å². The van der Waals surface area contributed by atoms with E-state index in [9.17, 15) is 4.79 Å². The molecule has 0 fully saturated rings. The van der Waals surface area contributed by atoms with Crippen LogP contribution in [-0.2, 0) is 13.0 Å². The second-order valence-electron chi connectivity index (χ2n) is 8.74. The molecule has 4 heteroatoms. The molecule has 30 heavy (non-hydrogen) atoms. The number of rotatable bonds is 10. The number of aromatic nitrogens is 2. The number of nitrogens with zero attached hydrogens (tertiary/aromatic N) is 2. The zero-order valence-electron chi connectivity index (χ0n) is 18.9. The summed E-state index contributed by atoms with van der Waals surface area (Å²) >= 11 is 0. The summed E-state index contributed by atoms with van der Waals surface area (Å²) in [7, 11) is 0. The molecule has 1 N–H and O–H groups in total. The van der Waals surface area contributed by atoms with Crippen LogP contribution in [0.4, 0.5) is 0 Å². The zero-order chi connectivity index (χ0) is 21.5. The maximum Gasteiger partial charge on any atom is 0.251 e. The molecule has 1 aromatic heterocycles. The van der Waals surface area contributed by atoms with E-state index in [2.05, 4.69) is 54.1 Å². The Morgan fingerprint density at radius 1 is 1.07 bits per heavy atom. The zero-order valence-corrected chi connectivity index (χ0v) is 18.9. The van der Waals surface area contributed by atoms with Crippen LogP contribution in [0, 0.1) is 19.8 Å². The predicted octanol–water partition coefficient (Wildman–Crippen LogP) is 5.84. The van der Waals surface area contributed by atoms with Crippen LogP contribution in [0.5, 0.6) is 0 Å². The first-order valence-corrected chi connectivity index (χ1v) is 11.3. The molecule has 3 rings (SSSR count). The number of fused-ring (bicyclic) bond motifs is 1. The first-order chi connectivity index (χ1) is 14.5. The quantitative estimate of drug-likeness (QED) is 0.431. The van der Waals surface area contributed by atoms with Gasteiger partial charge in [0.2, 0.25) is 0 Å². The molecule has 0 saturated carbocycles. The Morgan fingerprint density at radius 2 is 1.87 bits per heavy atom. The summed E-state index contributed by atoms with van der Waals surface area (Å²) < 4.78 is 2.40. The molecular weight excluding hydrogens is 370 g/mol. The van der Waals surface area contributed by atoms with E-state index < -0.39 is 0 Å². The minimum absolute atomic E-state index is 0.0305. The Hall–Kier alpha value is -2.62. The molecule has 0 saturated heterocycles. The highest BCUT2D eigenvalue weighted by atomic mass is 16.1. The molecule has 0 atom stereocenters. The van der Waals surface area contributed by atoms with Crippen molar-refractivity contribution in [3.63, 3.8) is 0 Å². The molecule has 0 aliphatic carbocycles. The number of carbonyl (C=O) groups is 1. The van der Waals surface area contributed by atoms with Gasteiger partial charge in [0.15, 0.2) is 0 Å². The van der Waals surface area contributed by atoms with E-state index >= 15 is 0 Å². The van der Waals surface area contributed by atoms with Crippen LogP contribution in [0.1, 0.15) is 66.8 Å². The van der Waals surface area contributed by atoms with Gasteiger partial charge in [-0.3, -0.25) is 4.79 Å². The fourth-order valence-corrected chi connectivity index (χ4v) is 3.90. The van der Waals surface area contributed by atoms with Crippen LogP contribution < -0.4 is 5.32 Å². The Labute approximate surface area is 180 Å². The molecule has 0 aliphatic heterocycles. The minimum Gasteiger partial charge on any atom is -0.352 e. The van der Waals surface area contributed by atoms with Crippen molar-refractivity contribution in [2.75, 3.05) is 6.54 Å². The summed E-state index contributed by atoms with van der Waals surface area (Å²) in [4.78, 5) is 17.3. The minimum atomic E-state index is 0.0305. The lowest BCUT2D eigenvalue weighted by Crippen LogP contribution is -2.25. The van der Waals surface area contributed by atoms with E-state index in [0.717, 1.165) is 61.8 Å². The highest BCUT2D eigenvalue weighted by Crippen LogP contribution is 2.19. The van der Waals surface area contributed by atoms with Crippen LogP contribution in [0.25, 0.3) is 11.0 Å². The number of amides is 1. The molecule has 0 unspecified atom stereocenters. The Balaban J connectivity index is 1.48. The molecule has 1 amide bonds. The maximum absolute atomic E-state index is 12.4. The molecule has 3 aromatic rings. The third kappa shape index (κ3) is 5.71. The lowest BCUT2D eigenvalue weighted by molar-refractivity contribution is 0.0952. The molecule has 160 valence electrons. The maximum atomic E-state index is 12.4. The van der Waals surface area contributed by atoms with E-state index in [1.54, 1.807) is 0 Å². The Morgan fingerprint density at radius 3 is 2.63 bits per heavy atom. The van der Waals surface area contributed by atoms with E-state index in [4.69, 9.17) is 4.98 Å². The van der Waals surface area contributed by atoms with Gasteiger partial charge in [0, 0.05) is 25.1 Å². The smallest absolute Gasteiger partial charge is 0.251 e. The van der Waals surface area contributed by atoms with Crippen LogP contribution in [-0.4, -0.2) is 22.0 Å². The molecule has 1 heterocycles. The van der Waals surface area contributed by atoms with Crippen molar-refractivity contribution in [1.82, 2.24) is 14.9 Å². The molecule has 0 aliphatic rings. The number of imidazole rings is 1.